The summed E-state index contributed by atoms with van der Waals surface area (Å²) in [6.07, 6.45) is 1.83. The third kappa shape index (κ3) is 3.16. The molecule has 1 aromatic heterocycles. The van der Waals surface area contributed by atoms with Crippen molar-refractivity contribution in [3.8, 4) is 0 Å². The van der Waals surface area contributed by atoms with Crippen LogP contribution in [0.2, 0.25) is 18.1 Å². The fourth-order valence-corrected chi connectivity index (χ4v) is 2.07. The molecule has 0 aliphatic carbocycles. The zero-order chi connectivity index (χ0) is 12.4. The standard InChI is InChI=1S/C13H23NOSi/c1-11-8-7-9-14-12(11)10-15-16(5,6)13(2,3)4/h7-9H,10H2,1-6H3. The van der Waals surface area contributed by atoms with Gasteiger partial charge in [-0.3, -0.25) is 4.98 Å². The van der Waals surface area contributed by atoms with Crippen LogP contribution >= 0.6 is 0 Å². The van der Waals surface area contributed by atoms with Gasteiger partial charge >= 0.3 is 0 Å². The van der Waals surface area contributed by atoms with Crippen molar-refractivity contribution in [3.05, 3.63) is 29.6 Å². The lowest BCUT2D eigenvalue weighted by Gasteiger charge is -2.36. The summed E-state index contributed by atoms with van der Waals surface area (Å²) in [6.45, 7) is 14.0. The van der Waals surface area contributed by atoms with Gasteiger partial charge in [0, 0.05) is 6.20 Å². The van der Waals surface area contributed by atoms with Crippen LogP contribution in [0, 0.1) is 6.92 Å². The van der Waals surface area contributed by atoms with Gasteiger partial charge in [-0.15, -0.1) is 0 Å². The Morgan fingerprint density at radius 2 is 1.94 bits per heavy atom. The van der Waals surface area contributed by atoms with E-state index in [9.17, 15) is 0 Å². The Morgan fingerprint density at radius 3 is 2.44 bits per heavy atom. The van der Waals surface area contributed by atoms with Gasteiger partial charge in [0.15, 0.2) is 8.32 Å². The second-order valence-corrected chi connectivity index (χ2v) is 10.6. The Hall–Kier alpha value is -0.673. The normalized spacial score (nSPS) is 12.9. The van der Waals surface area contributed by atoms with Gasteiger partial charge in [0.25, 0.3) is 0 Å². The molecule has 1 heterocycles. The minimum atomic E-state index is -1.65. The molecule has 0 bridgehead atoms. The first kappa shape index (κ1) is 13.4. The Labute approximate surface area is 100 Å². The summed E-state index contributed by atoms with van der Waals surface area (Å²) < 4.78 is 6.14. The summed E-state index contributed by atoms with van der Waals surface area (Å²) >= 11 is 0. The summed E-state index contributed by atoms with van der Waals surface area (Å²) in [5.41, 5.74) is 2.27. The zero-order valence-corrected chi connectivity index (χ0v) is 12.3. The van der Waals surface area contributed by atoms with Crippen LogP contribution in [0.4, 0.5) is 0 Å². The van der Waals surface area contributed by atoms with E-state index in [0.29, 0.717) is 6.61 Å². The highest BCUT2D eigenvalue weighted by Gasteiger charge is 2.37. The third-order valence-electron chi connectivity index (χ3n) is 3.49. The van der Waals surface area contributed by atoms with Crippen LogP contribution in [0.3, 0.4) is 0 Å². The largest absolute Gasteiger partial charge is 0.411 e. The molecule has 0 N–H and O–H groups in total. The second kappa shape index (κ2) is 4.68. The number of nitrogens with zero attached hydrogens (tertiary/aromatic N) is 1. The number of rotatable bonds is 3. The first-order valence-electron chi connectivity index (χ1n) is 5.78. The molecule has 0 unspecified atom stereocenters. The van der Waals surface area contributed by atoms with Crippen LogP contribution in [0.15, 0.2) is 18.3 Å². The van der Waals surface area contributed by atoms with E-state index >= 15 is 0 Å². The van der Waals surface area contributed by atoms with E-state index in [1.807, 2.05) is 12.3 Å². The molecule has 1 aromatic rings. The van der Waals surface area contributed by atoms with E-state index in [1.165, 1.54) is 5.56 Å². The van der Waals surface area contributed by atoms with Crippen molar-refractivity contribution in [1.29, 1.82) is 0 Å². The quantitative estimate of drug-likeness (QED) is 0.744. The molecule has 0 aliphatic rings. The van der Waals surface area contributed by atoms with E-state index in [0.717, 1.165) is 5.69 Å². The van der Waals surface area contributed by atoms with E-state index < -0.39 is 8.32 Å². The maximum absolute atomic E-state index is 6.14. The molecule has 0 amide bonds. The number of aryl methyl sites for hydroxylation is 1. The van der Waals surface area contributed by atoms with E-state index in [2.05, 4.69) is 51.8 Å². The lowest BCUT2D eigenvalue weighted by atomic mass is 10.2. The fourth-order valence-electron chi connectivity index (χ4n) is 1.13. The van der Waals surface area contributed by atoms with Crippen LogP contribution in [0.25, 0.3) is 0 Å². The molecule has 16 heavy (non-hydrogen) atoms. The van der Waals surface area contributed by atoms with Crippen LogP contribution in [-0.2, 0) is 11.0 Å². The maximum Gasteiger partial charge on any atom is 0.192 e. The van der Waals surface area contributed by atoms with Gasteiger partial charge in [-0.2, -0.15) is 0 Å². The zero-order valence-electron chi connectivity index (χ0n) is 11.3. The molecule has 0 radical (unpaired) electrons. The van der Waals surface area contributed by atoms with Crippen LogP contribution < -0.4 is 0 Å². The van der Waals surface area contributed by atoms with Crippen molar-refractivity contribution in [3.63, 3.8) is 0 Å². The van der Waals surface area contributed by atoms with Crippen molar-refractivity contribution in [2.75, 3.05) is 0 Å². The van der Waals surface area contributed by atoms with Crippen molar-refractivity contribution in [2.24, 2.45) is 0 Å². The smallest absolute Gasteiger partial charge is 0.192 e. The van der Waals surface area contributed by atoms with Gasteiger partial charge < -0.3 is 4.43 Å². The van der Waals surface area contributed by atoms with Gasteiger partial charge in [-0.1, -0.05) is 26.8 Å². The Kier molecular flexibility index (Phi) is 3.91. The highest BCUT2D eigenvalue weighted by Crippen LogP contribution is 2.37. The number of hydrogen-bond donors (Lipinski definition) is 0. The van der Waals surface area contributed by atoms with Crippen molar-refractivity contribution < 1.29 is 4.43 Å². The molecule has 0 fully saturated rings. The molecule has 90 valence electrons. The molecule has 2 nitrogen and oxygen atoms in total. The first-order valence-corrected chi connectivity index (χ1v) is 8.69. The number of hydrogen-bond acceptors (Lipinski definition) is 2. The summed E-state index contributed by atoms with van der Waals surface area (Å²) in [4.78, 5) is 4.36. The summed E-state index contributed by atoms with van der Waals surface area (Å²) in [6, 6.07) is 4.04. The fraction of sp³-hybridized carbons (Fsp3) is 0.615. The highest BCUT2D eigenvalue weighted by atomic mass is 28.4. The predicted octanol–water partition coefficient (Wildman–Crippen LogP) is 3.91. The molecule has 0 spiro atoms. The topological polar surface area (TPSA) is 22.1 Å². The van der Waals surface area contributed by atoms with Crippen molar-refractivity contribution in [2.45, 2.75) is 52.4 Å². The SMILES string of the molecule is Cc1cccnc1CO[Si](C)(C)C(C)(C)C. The molecule has 0 saturated carbocycles. The average Bonchev–Trinajstić information content (AvgIpc) is 2.15. The molecule has 3 heteroatoms. The van der Waals surface area contributed by atoms with Gasteiger partial charge in [0.2, 0.25) is 0 Å². The lowest BCUT2D eigenvalue weighted by Crippen LogP contribution is -2.40. The van der Waals surface area contributed by atoms with Crippen LogP contribution in [0.5, 0.6) is 0 Å². The predicted molar refractivity (Wildman–Crippen MR) is 71.0 cm³/mol. The Balaban J connectivity index is 2.69. The molecule has 0 saturated heterocycles. The van der Waals surface area contributed by atoms with Crippen molar-refractivity contribution >= 4 is 8.32 Å². The summed E-state index contributed by atoms with van der Waals surface area (Å²) in [5.74, 6) is 0. The van der Waals surface area contributed by atoms with Gasteiger partial charge in [0.1, 0.15) is 0 Å². The highest BCUT2D eigenvalue weighted by molar-refractivity contribution is 6.74. The van der Waals surface area contributed by atoms with Gasteiger partial charge in [-0.25, -0.2) is 0 Å². The Bertz CT molecular complexity index is 355. The second-order valence-electron chi connectivity index (χ2n) is 5.82. The molecule has 0 atom stereocenters. The van der Waals surface area contributed by atoms with Gasteiger partial charge in [-0.05, 0) is 36.7 Å². The average molecular weight is 237 g/mol. The van der Waals surface area contributed by atoms with Crippen LogP contribution in [-0.4, -0.2) is 13.3 Å². The number of aromatic nitrogens is 1. The molecule has 0 aromatic carbocycles. The molecular formula is C13H23NOSi. The maximum atomic E-state index is 6.14. The van der Waals surface area contributed by atoms with E-state index in [1.54, 1.807) is 0 Å². The summed E-state index contributed by atoms with van der Waals surface area (Å²) in [7, 11) is -1.65. The first-order chi connectivity index (χ1) is 7.24. The van der Waals surface area contributed by atoms with Gasteiger partial charge in [0.05, 0.1) is 12.3 Å². The van der Waals surface area contributed by atoms with E-state index in [-0.39, 0.29) is 5.04 Å². The summed E-state index contributed by atoms with van der Waals surface area (Å²) in [5, 5.41) is 0.260. The van der Waals surface area contributed by atoms with Crippen molar-refractivity contribution in [1.82, 2.24) is 4.98 Å². The number of pyridine rings is 1. The van der Waals surface area contributed by atoms with E-state index in [4.69, 9.17) is 4.43 Å². The molecule has 0 aliphatic heterocycles. The molecule has 1 rings (SSSR count). The minimum Gasteiger partial charge on any atom is -0.411 e. The third-order valence-corrected chi connectivity index (χ3v) is 7.97. The lowest BCUT2D eigenvalue weighted by molar-refractivity contribution is 0.271. The monoisotopic (exact) mass is 237 g/mol. The Morgan fingerprint density at radius 1 is 1.31 bits per heavy atom. The van der Waals surface area contributed by atoms with Crippen LogP contribution in [0.1, 0.15) is 32.0 Å². The molecular weight excluding hydrogens is 214 g/mol. The minimum absolute atomic E-state index is 0.260.